The Kier molecular flexibility index (Phi) is 6.50. The van der Waals surface area contributed by atoms with E-state index in [2.05, 4.69) is 44.8 Å². The molecule has 1 aliphatic carbocycles. The van der Waals surface area contributed by atoms with E-state index in [4.69, 9.17) is 0 Å². The van der Waals surface area contributed by atoms with Gasteiger partial charge in [-0.1, -0.05) is 20.8 Å². The van der Waals surface area contributed by atoms with E-state index in [9.17, 15) is 0 Å². The summed E-state index contributed by atoms with van der Waals surface area (Å²) in [5.74, 6) is 1.72. The molecular formula is C15H32N2. The Morgan fingerprint density at radius 3 is 2.18 bits per heavy atom. The lowest BCUT2D eigenvalue weighted by Gasteiger charge is -2.32. The molecule has 1 unspecified atom stereocenters. The Morgan fingerprint density at radius 2 is 1.76 bits per heavy atom. The molecule has 0 aromatic carbocycles. The first-order chi connectivity index (χ1) is 8.04. The maximum Gasteiger partial charge on any atom is 0.0223 e. The Balaban J connectivity index is 2.43. The van der Waals surface area contributed by atoms with Crippen LogP contribution in [-0.4, -0.2) is 36.6 Å². The summed E-state index contributed by atoms with van der Waals surface area (Å²) in [5.41, 5.74) is 0. The SMILES string of the molecule is CCCNC(CN(CC(C)C)C(C)C)C1CC1. The highest BCUT2D eigenvalue weighted by Gasteiger charge is 2.32. The van der Waals surface area contributed by atoms with Crippen molar-refractivity contribution in [3.05, 3.63) is 0 Å². The van der Waals surface area contributed by atoms with Gasteiger partial charge in [0.2, 0.25) is 0 Å². The zero-order valence-electron chi connectivity index (χ0n) is 12.5. The molecule has 1 N–H and O–H groups in total. The van der Waals surface area contributed by atoms with Gasteiger partial charge in [-0.2, -0.15) is 0 Å². The fourth-order valence-electron chi connectivity index (χ4n) is 2.43. The first kappa shape index (κ1) is 15.0. The Labute approximate surface area is 108 Å². The first-order valence-corrected chi connectivity index (χ1v) is 7.52. The van der Waals surface area contributed by atoms with Crippen molar-refractivity contribution in [1.29, 1.82) is 0 Å². The smallest absolute Gasteiger partial charge is 0.0223 e. The number of nitrogens with one attached hydrogen (secondary N) is 1. The van der Waals surface area contributed by atoms with E-state index < -0.39 is 0 Å². The largest absolute Gasteiger partial charge is 0.312 e. The fourth-order valence-corrected chi connectivity index (χ4v) is 2.43. The lowest BCUT2D eigenvalue weighted by atomic mass is 10.1. The van der Waals surface area contributed by atoms with E-state index in [1.54, 1.807) is 0 Å². The van der Waals surface area contributed by atoms with Crippen LogP contribution >= 0.6 is 0 Å². The van der Waals surface area contributed by atoms with E-state index in [0.29, 0.717) is 6.04 Å². The minimum Gasteiger partial charge on any atom is -0.312 e. The Hall–Kier alpha value is -0.0800. The van der Waals surface area contributed by atoms with Crippen LogP contribution in [-0.2, 0) is 0 Å². The molecular weight excluding hydrogens is 208 g/mol. The van der Waals surface area contributed by atoms with Gasteiger partial charge < -0.3 is 5.32 Å². The van der Waals surface area contributed by atoms with Crippen LogP contribution in [0.5, 0.6) is 0 Å². The summed E-state index contributed by atoms with van der Waals surface area (Å²) in [5, 5.41) is 3.75. The van der Waals surface area contributed by atoms with Crippen molar-refractivity contribution in [3.63, 3.8) is 0 Å². The van der Waals surface area contributed by atoms with Crippen molar-refractivity contribution < 1.29 is 0 Å². The quantitative estimate of drug-likeness (QED) is 0.666. The summed E-state index contributed by atoms with van der Waals surface area (Å²) < 4.78 is 0. The van der Waals surface area contributed by atoms with Crippen LogP contribution < -0.4 is 5.32 Å². The van der Waals surface area contributed by atoms with Gasteiger partial charge in [0.1, 0.15) is 0 Å². The monoisotopic (exact) mass is 240 g/mol. The second-order valence-electron chi connectivity index (χ2n) is 6.34. The third kappa shape index (κ3) is 5.87. The molecule has 0 amide bonds. The molecule has 0 aromatic rings. The third-order valence-electron chi connectivity index (χ3n) is 3.61. The van der Waals surface area contributed by atoms with E-state index in [-0.39, 0.29) is 0 Å². The van der Waals surface area contributed by atoms with Crippen LogP contribution in [0.1, 0.15) is 53.9 Å². The number of rotatable bonds is 9. The van der Waals surface area contributed by atoms with Crippen LogP contribution in [0, 0.1) is 11.8 Å². The maximum atomic E-state index is 3.75. The zero-order chi connectivity index (χ0) is 12.8. The van der Waals surface area contributed by atoms with Crippen LogP contribution in [0.15, 0.2) is 0 Å². The van der Waals surface area contributed by atoms with Crippen LogP contribution in [0.4, 0.5) is 0 Å². The summed E-state index contributed by atoms with van der Waals surface area (Å²) >= 11 is 0. The van der Waals surface area contributed by atoms with Gasteiger partial charge in [0.15, 0.2) is 0 Å². The summed E-state index contributed by atoms with van der Waals surface area (Å²) in [6.45, 7) is 15.2. The zero-order valence-corrected chi connectivity index (χ0v) is 12.5. The first-order valence-electron chi connectivity index (χ1n) is 7.52. The fraction of sp³-hybridized carbons (Fsp3) is 1.00. The van der Waals surface area contributed by atoms with Crippen molar-refractivity contribution >= 4 is 0 Å². The minimum absolute atomic E-state index is 0.669. The molecule has 0 aliphatic heterocycles. The van der Waals surface area contributed by atoms with Gasteiger partial charge in [-0.05, 0) is 51.5 Å². The molecule has 102 valence electrons. The maximum absolute atomic E-state index is 3.75. The Morgan fingerprint density at radius 1 is 1.12 bits per heavy atom. The molecule has 0 aromatic heterocycles. The molecule has 1 fully saturated rings. The molecule has 1 saturated carbocycles. The normalized spacial score (nSPS) is 18.4. The average Bonchev–Trinajstić information content (AvgIpc) is 3.05. The lowest BCUT2D eigenvalue weighted by molar-refractivity contribution is 0.170. The highest BCUT2D eigenvalue weighted by molar-refractivity contribution is 4.89. The molecule has 0 radical (unpaired) electrons. The van der Waals surface area contributed by atoms with Gasteiger partial charge in [0.05, 0.1) is 0 Å². The molecule has 2 heteroatoms. The van der Waals surface area contributed by atoms with Crippen LogP contribution in [0.2, 0.25) is 0 Å². The van der Waals surface area contributed by atoms with Gasteiger partial charge in [-0.15, -0.1) is 0 Å². The predicted molar refractivity (Wildman–Crippen MR) is 76.4 cm³/mol. The summed E-state index contributed by atoms with van der Waals surface area (Å²) in [6.07, 6.45) is 4.12. The van der Waals surface area contributed by atoms with Crippen molar-refractivity contribution in [2.24, 2.45) is 11.8 Å². The number of hydrogen-bond acceptors (Lipinski definition) is 2. The van der Waals surface area contributed by atoms with E-state index in [1.807, 2.05) is 0 Å². The molecule has 0 saturated heterocycles. The van der Waals surface area contributed by atoms with Crippen molar-refractivity contribution in [2.45, 2.75) is 66.0 Å². The van der Waals surface area contributed by atoms with E-state index in [1.165, 1.54) is 38.9 Å². The highest BCUT2D eigenvalue weighted by atomic mass is 15.2. The number of nitrogens with zero attached hydrogens (tertiary/aromatic N) is 1. The second kappa shape index (κ2) is 7.38. The molecule has 1 rings (SSSR count). The van der Waals surface area contributed by atoms with E-state index in [0.717, 1.165) is 17.9 Å². The predicted octanol–water partition coefficient (Wildman–Crippen LogP) is 3.13. The average molecular weight is 240 g/mol. The molecule has 0 bridgehead atoms. The summed E-state index contributed by atoms with van der Waals surface area (Å²) in [4.78, 5) is 2.65. The van der Waals surface area contributed by atoms with Crippen molar-refractivity contribution in [2.75, 3.05) is 19.6 Å². The molecule has 17 heavy (non-hydrogen) atoms. The minimum atomic E-state index is 0.669. The third-order valence-corrected chi connectivity index (χ3v) is 3.61. The second-order valence-corrected chi connectivity index (χ2v) is 6.34. The topological polar surface area (TPSA) is 15.3 Å². The number of hydrogen-bond donors (Lipinski definition) is 1. The molecule has 0 heterocycles. The van der Waals surface area contributed by atoms with Gasteiger partial charge in [0.25, 0.3) is 0 Å². The molecule has 1 atom stereocenters. The standard InChI is InChI=1S/C15H32N2/c1-6-9-16-15(14-7-8-14)11-17(13(4)5)10-12(2)3/h12-16H,6-11H2,1-5H3. The van der Waals surface area contributed by atoms with Gasteiger partial charge in [-0.3, -0.25) is 4.90 Å². The van der Waals surface area contributed by atoms with Crippen LogP contribution in [0.25, 0.3) is 0 Å². The Bertz CT molecular complexity index is 197. The summed E-state index contributed by atoms with van der Waals surface area (Å²) in [7, 11) is 0. The van der Waals surface area contributed by atoms with Crippen molar-refractivity contribution in [3.8, 4) is 0 Å². The lowest BCUT2D eigenvalue weighted by Crippen LogP contribution is -2.46. The highest BCUT2D eigenvalue weighted by Crippen LogP contribution is 2.33. The van der Waals surface area contributed by atoms with Crippen molar-refractivity contribution in [1.82, 2.24) is 10.2 Å². The summed E-state index contributed by atoms with van der Waals surface area (Å²) in [6, 6.07) is 1.40. The van der Waals surface area contributed by atoms with Gasteiger partial charge in [0, 0.05) is 25.2 Å². The van der Waals surface area contributed by atoms with Gasteiger partial charge in [-0.25, -0.2) is 0 Å². The van der Waals surface area contributed by atoms with Gasteiger partial charge >= 0.3 is 0 Å². The molecule has 1 aliphatic rings. The van der Waals surface area contributed by atoms with E-state index >= 15 is 0 Å². The molecule has 2 nitrogen and oxygen atoms in total. The molecule has 0 spiro atoms. The van der Waals surface area contributed by atoms with Crippen LogP contribution in [0.3, 0.4) is 0 Å².